The first kappa shape index (κ1) is 16.0. The van der Waals surface area contributed by atoms with Gasteiger partial charge in [-0.1, -0.05) is 20.3 Å². The molecule has 1 saturated heterocycles. The van der Waals surface area contributed by atoms with Crippen molar-refractivity contribution < 1.29 is 14.7 Å². The largest absolute Gasteiger partial charge is 0.480 e. The lowest BCUT2D eigenvalue weighted by atomic mass is 9.74. The molecule has 0 aromatic heterocycles. The number of piperidine rings is 1. The number of aliphatic carboxylic acids is 1. The zero-order chi connectivity index (χ0) is 14.3. The molecule has 0 bridgehead atoms. The van der Waals surface area contributed by atoms with Crippen molar-refractivity contribution in [2.24, 2.45) is 5.41 Å². The van der Waals surface area contributed by atoms with Crippen LogP contribution in [0.3, 0.4) is 0 Å². The molecule has 5 nitrogen and oxygen atoms in total. The monoisotopic (exact) mass is 270 g/mol. The molecule has 110 valence electrons. The summed E-state index contributed by atoms with van der Waals surface area (Å²) in [5.41, 5.74) is -0.343. The Labute approximate surface area is 115 Å². The van der Waals surface area contributed by atoms with Crippen LogP contribution in [0.4, 0.5) is 0 Å². The molecular formula is C14H26N2O3. The maximum Gasteiger partial charge on any atom is 0.323 e. The molecule has 1 aliphatic heterocycles. The normalized spacial score (nSPS) is 18.0. The molecule has 0 aromatic rings. The van der Waals surface area contributed by atoms with Crippen LogP contribution in [0, 0.1) is 5.41 Å². The maximum atomic E-state index is 12.8. The number of carbonyl (C=O) groups excluding carboxylic acids is 1. The van der Waals surface area contributed by atoms with Gasteiger partial charge in [0, 0.05) is 6.54 Å². The molecule has 0 saturated carbocycles. The van der Waals surface area contributed by atoms with E-state index in [1.807, 2.05) is 6.92 Å². The summed E-state index contributed by atoms with van der Waals surface area (Å²) in [5.74, 6) is -0.887. The van der Waals surface area contributed by atoms with Crippen LogP contribution in [-0.2, 0) is 9.59 Å². The Morgan fingerprint density at radius 1 is 1.21 bits per heavy atom. The second-order valence-electron chi connectivity index (χ2n) is 5.40. The van der Waals surface area contributed by atoms with Crippen LogP contribution in [0.5, 0.6) is 0 Å². The number of nitrogens with zero attached hydrogens (tertiary/aromatic N) is 1. The predicted molar refractivity (Wildman–Crippen MR) is 74.0 cm³/mol. The Morgan fingerprint density at radius 3 is 2.32 bits per heavy atom. The molecule has 1 rings (SSSR count). The zero-order valence-electron chi connectivity index (χ0n) is 12.1. The van der Waals surface area contributed by atoms with E-state index in [0.29, 0.717) is 6.54 Å². The molecule has 19 heavy (non-hydrogen) atoms. The second-order valence-corrected chi connectivity index (χ2v) is 5.40. The Balaban J connectivity index is 2.85. The average Bonchev–Trinajstić information content (AvgIpc) is 2.38. The standard InChI is InChI=1S/C14H26N2O3/c1-3-5-14(6-8-15-9-7-14)13(19)16(10-4-2)11-12(17)18/h15H,3-11H2,1-2H3,(H,17,18). The van der Waals surface area contributed by atoms with Gasteiger partial charge in [-0.3, -0.25) is 9.59 Å². The quantitative estimate of drug-likeness (QED) is 0.735. The molecule has 0 aromatic carbocycles. The molecule has 1 heterocycles. The summed E-state index contributed by atoms with van der Waals surface area (Å²) >= 11 is 0. The molecule has 1 aliphatic rings. The molecule has 0 unspecified atom stereocenters. The molecule has 1 fully saturated rings. The fraction of sp³-hybridized carbons (Fsp3) is 0.857. The molecule has 0 spiro atoms. The lowest BCUT2D eigenvalue weighted by Gasteiger charge is -2.39. The van der Waals surface area contributed by atoms with E-state index >= 15 is 0 Å². The number of carbonyl (C=O) groups is 2. The van der Waals surface area contributed by atoms with Gasteiger partial charge in [0.15, 0.2) is 0 Å². The molecule has 0 atom stereocenters. The number of carboxylic acids is 1. The summed E-state index contributed by atoms with van der Waals surface area (Å²) < 4.78 is 0. The van der Waals surface area contributed by atoms with Crippen molar-refractivity contribution in [2.45, 2.75) is 46.0 Å². The van der Waals surface area contributed by atoms with E-state index in [4.69, 9.17) is 5.11 Å². The third-order valence-electron chi connectivity index (χ3n) is 3.85. The van der Waals surface area contributed by atoms with Gasteiger partial charge < -0.3 is 15.3 Å². The van der Waals surface area contributed by atoms with Gasteiger partial charge in [-0.15, -0.1) is 0 Å². The third kappa shape index (κ3) is 4.20. The van der Waals surface area contributed by atoms with Crippen molar-refractivity contribution in [1.82, 2.24) is 10.2 Å². The lowest BCUT2D eigenvalue weighted by molar-refractivity contribution is -0.151. The van der Waals surface area contributed by atoms with E-state index in [2.05, 4.69) is 12.2 Å². The number of rotatable bonds is 7. The Kier molecular flexibility index (Phi) is 6.28. The topological polar surface area (TPSA) is 69.6 Å². The first-order valence-electron chi connectivity index (χ1n) is 7.27. The van der Waals surface area contributed by atoms with Gasteiger partial charge in [-0.25, -0.2) is 0 Å². The van der Waals surface area contributed by atoms with Gasteiger partial charge in [0.2, 0.25) is 5.91 Å². The van der Waals surface area contributed by atoms with Crippen molar-refractivity contribution in [3.8, 4) is 0 Å². The highest BCUT2D eigenvalue weighted by molar-refractivity contribution is 5.86. The van der Waals surface area contributed by atoms with E-state index in [-0.39, 0.29) is 17.9 Å². The molecule has 0 radical (unpaired) electrons. The molecule has 1 amide bonds. The van der Waals surface area contributed by atoms with Crippen molar-refractivity contribution in [3.05, 3.63) is 0 Å². The highest BCUT2D eigenvalue weighted by atomic mass is 16.4. The summed E-state index contributed by atoms with van der Waals surface area (Å²) in [6, 6.07) is 0. The summed E-state index contributed by atoms with van der Waals surface area (Å²) in [4.78, 5) is 25.2. The Morgan fingerprint density at radius 2 is 1.84 bits per heavy atom. The number of carboxylic acid groups (broad SMARTS) is 1. The van der Waals surface area contributed by atoms with E-state index in [1.54, 1.807) is 0 Å². The number of hydrogen-bond donors (Lipinski definition) is 2. The first-order valence-corrected chi connectivity index (χ1v) is 7.27. The third-order valence-corrected chi connectivity index (χ3v) is 3.85. The highest BCUT2D eigenvalue weighted by Crippen LogP contribution is 2.36. The first-order chi connectivity index (χ1) is 9.05. The van der Waals surface area contributed by atoms with Crippen molar-refractivity contribution in [3.63, 3.8) is 0 Å². The summed E-state index contributed by atoms with van der Waals surface area (Å²) in [6.07, 6.45) is 4.24. The Hall–Kier alpha value is -1.10. The van der Waals surface area contributed by atoms with Gasteiger partial charge in [0.1, 0.15) is 6.54 Å². The second kappa shape index (κ2) is 7.48. The highest BCUT2D eigenvalue weighted by Gasteiger charge is 2.41. The van der Waals surface area contributed by atoms with Gasteiger partial charge in [-0.05, 0) is 38.8 Å². The van der Waals surface area contributed by atoms with Crippen molar-refractivity contribution >= 4 is 11.9 Å². The summed E-state index contributed by atoms with van der Waals surface area (Å²) in [5, 5.41) is 12.2. The van der Waals surface area contributed by atoms with Crippen LogP contribution in [0.1, 0.15) is 46.0 Å². The van der Waals surface area contributed by atoms with Gasteiger partial charge >= 0.3 is 5.97 Å². The number of amides is 1. The van der Waals surface area contributed by atoms with Crippen molar-refractivity contribution in [2.75, 3.05) is 26.2 Å². The van der Waals surface area contributed by atoms with E-state index < -0.39 is 5.97 Å². The van der Waals surface area contributed by atoms with E-state index in [9.17, 15) is 9.59 Å². The molecular weight excluding hydrogens is 244 g/mol. The fourth-order valence-electron chi connectivity index (χ4n) is 2.98. The summed E-state index contributed by atoms with van der Waals surface area (Å²) in [6.45, 7) is 6.10. The SMILES string of the molecule is CCCN(CC(=O)O)C(=O)C1(CCC)CCNCC1. The smallest absolute Gasteiger partial charge is 0.323 e. The molecule has 5 heteroatoms. The van der Waals surface area contributed by atoms with Crippen molar-refractivity contribution in [1.29, 1.82) is 0 Å². The summed E-state index contributed by atoms with van der Waals surface area (Å²) in [7, 11) is 0. The zero-order valence-corrected chi connectivity index (χ0v) is 12.1. The molecule has 0 aliphatic carbocycles. The number of hydrogen-bond acceptors (Lipinski definition) is 3. The molecule has 2 N–H and O–H groups in total. The van der Waals surface area contributed by atoms with Crippen LogP contribution in [0.25, 0.3) is 0 Å². The van der Waals surface area contributed by atoms with E-state index in [0.717, 1.165) is 45.2 Å². The maximum absolute atomic E-state index is 12.8. The van der Waals surface area contributed by atoms with Gasteiger partial charge in [0.25, 0.3) is 0 Å². The van der Waals surface area contributed by atoms with Gasteiger partial charge in [0.05, 0.1) is 5.41 Å². The lowest BCUT2D eigenvalue weighted by Crippen LogP contribution is -2.50. The Bertz CT molecular complexity index is 306. The van der Waals surface area contributed by atoms with Crippen LogP contribution in [0.2, 0.25) is 0 Å². The fourth-order valence-corrected chi connectivity index (χ4v) is 2.98. The van der Waals surface area contributed by atoms with Gasteiger partial charge in [-0.2, -0.15) is 0 Å². The minimum atomic E-state index is -0.928. The number of nitrogens with one attached hydrogen (secondary N) is 1. The predicted octanol–water partition coefficient (Wildman–Crippen LogP) is 1.48. The van der Waals surface area contributed by atoms with Crippen LogP contribution < -0.4 is 5.32 Å². The minimum Gasteiger partial charge on any atom is -0.480 e. The van der Waals surface area contributed by atoms with Crippen LogP contribution in [0.15, 0.2) is 0 Å². The van der Waals surface area contributed by atoms with Crippen LogP contribution >= 0.6 is 0 Å². The average molecular weight is 270 g/mol. The minimum absolute atomic E-state index is 0.0418. The van der Waals surface area contributed by atoms with E-state index in [1.165, 1.54) is 4.90 Å². The van der Waals surface area contributed by atoms with Crippen LogP contribution in [-0.4, -0.2) is 48.1 Å².